The first-order valence-electron chi connectivity index (χ1n) is 7.70. The third kappa shape index (κ3) is 4.33. The van der Waals surface area contributed by atoms with Crippen LogP contribution >= 0.6 is 0 Å². The molecule has 0 radical (unpaired) electrons. The third-order valence-corrected chi connectivity index (χ3v) is 3.62. The number of furan rings is 1. The quantitative estimate of drug-likeness (QED) is 0.697. The number of hydrogen-bond donors (Lipinski definition) is 2. The maximum absolute atomic E-state index is 10.7. The summed E-state index contributed by atoms with van der Waals surface area (Å²) in [5.74, 6) is 0.842. The number of hydrogen-bond acceptors (Lipinski definition) is 3. The van der Waals surface area contributed by atoms with Gasteiger partial charge < -0.3 is 15.5 Å². The van der Waals surface area contributed by atoms with Crippen LogP contribution in [0.5, 0.6) is 0 Å². The average Bonchev–Trinajstić information content (AvgIpc) is 2.82. The van der Waals surface area contributed by atoms with Crippen LogP contribution in [-0.2, 0) is 17.8 Å². The van der Waals surface area contributed by atoms with Gasteiger partial charge in [-0.05, 0) is 25.5 Å². The molecular formula is C17H24N2O2. The van der Waals surface area contributed by atoms with E-state index in [-0.39, 0.29) is 5.91 Å². The van der Waals surface area contributed by atoms with Gasteiger partial charge in [-0.1, -0.05) is 31.5 Å². The van der Waals surface area contributed by atoms with Crippen molar-refractivity contribution in [3.63, 3.8) is 0 Å². The lowest BCUT2D eigenvalue weighted by Gasteiger charge is -2.05. The first kappa shape index (κ1) is 15.6. The fourth-order valence-corrected chi connectivity index (χ4v) is 2.48. The van der Waals surface area contributed by atoms with Gasteiger partial charge in [0.05, 0.1) is 0 Å². The van der Waals surface area contributed by atoms with Crippen molar-refractivity contribution in [1.29, 1.82) is 0 Å². The molecule has 2 rings (SSSR count). The molecule has 0 aliphatic heterocycles. The van der Waals surface area contributed by atoms with Crippen LogP contribution in [0.4, 0.5) is 0 Å². The van der Waals surface area contributed by atoms with Crippen molar-refractivity contribution in [3.8, 4) is 0 Å². The summed E-state index contributed by atoms with van der Waals surface area (Å²) in [6.45, 7) is 3.74. The summed E-state index contributed by atoms with van der Waals surface area (Å²) in [6, 6.07) is 8.16. The van der Waals surface area contributed by atoms with Gasteiger partial charge in [-0.25, -0.2) is 0 Å². The molecule has 21 heavy (non-hydrogen) atoms. The van der Waals surface area contributed by atoms with E-state index in [2.05, 4.69) is 18.3 Å². The molecule has 0 unspecified atom stereocenters. The van der Waals surface area contributed by atoms with E-state index in [0.717, 1.165) is 50.1 Å². The van der Waals surface area contributed by atoms with E-state index < -0.39 is 0 Å². The highest BCUT2D eigenvalue weighted by Crippen LogP contribution is 2.27. The Balaban J connectivity index is 2.03. The second kappa shape index (κ2) is 7.84. The van der Waals surface area contributed by atoms with E-state index in [1.165, 1.54) is 10.9 Å². The Morgan fingerprint density at radius 3 is 2.86 bits per heavy atom. The predicted octanol–water partition coefficient (Wildman–Crippen LogP) is 3.13. The van der Waals surface area contributed by atoms with Crippen molar-refractivity contribution >= 4 is 16.9 Å². The Labute approximate surface area is 125 Å². The van der Waals surface area contributed by atoms with Gasteiger partial charge in [-0.15, -0.1) is 0 Å². The molecule has 0 fully saturated rings. The van der Waals surface area contributed by atoms with Crippen molar-refractivity contribution in [2.24, 2.45) is 5.73 Å². The zero-order chi connectivity index (χ0) is 15.1. The number of nitrogens with one attached hydrogen (secondary N) is 1. The topological polar surface area (TPSA) is 68.3 Å². The van der Waals surface area contributed by atoms with Crippen molar-refractivity contribution in [2.45, 2.75) is 45.6 Å². The Morgan fingerprint density at radius 1 is 1.29 bits per heavy atom. The number of aryl methyl sites for hydroxylation is 1. The molecule has 0 bridgehead atoms. The Morgan fingerprint density at radius 2 is 2.10 bits per heavy atom. The number of fused-ring (bicyclic) bond motifs is 1. The summed E-state index contributed by atoms with van der Waals surface area (Å²) in [5.41, 5.74) is 7.35. The molecule has 4 nitrogen and oxygen atoms in total. The molecule has 1 amide bonds. The van der Waals surface area contributed by atoms with Crippen LogP contribution in [-0.4, -0.2) is 12.5 Å². The van der Waals surface area contributed by atoms with Crippen molar-refractivity contribution in [1.82, 2.24) is 5.32 Å². The summed E-state index contributed by atoms with van der Waals surface area (Å²) in [7, 11) is 0. The molecule has 0 saturated carbocycles. The van der Waals surface area contributed by atoms with Crippen LogP contribution in [0.15, 0.2) is 28.7 Å². The van der Waals surface area contributed by atoms with Gasteiger partial charge in [0.1, 0.15) is 11.3 Å². The molecule has 0 saturated heterocycles. The van der Waals surface area contributed by atoms with Crippen LogP contribution in [0.25, 0.3) is 11.0 Å². The molecule has 1 aromatic heterocycles. The molecule has 0 aliphatic carbocycles. The average molecular weight is 288 g/mol. The van der Waals surface area contributed by atoms with E-state index in [0.29, 0.717) is 6.42 Å². The van der Waals surface area contributed by atoms with E-state index in [4.69, 9.17) is 10.2 Å². The number of carbonyl (C=O) groups excluding carboxylic acids is 1. The summed E-state index contributed by atoms with van der Waals surface area (Å²) in [4.78, 5) is 10.7. The molecular weight excluding hydrogens is 264 g/mol. The molecule has 114 valence electrons. The number of nitrogens with two attached hydrogens (primary N) is 1. The normalized spacial score (nSPS) is 11.1. The summed E-state index contributed by atoms with van der Waals surface area (Å²) < 4.78 is 5.98. The van der Waals surface area contributed by atoms with E-state index in [1.807, 2.05) is 18.2 Å². The highest BCUT2D eigenvalue weighted by atomic mass is 16.3. The van der Waals surface area contributed by atoms with Gasteiger partial charge in [0.25, 0.3) is 0 Å². The fourth-order valence-electron chi connectivity index (χ4n) is 2.48. The van der Waals surface area contributed by atoms with Crippen molar-refractivity contribution in [2.75, 3.05) is 6.54 Å². The van der Waals surface area contributed by atoms with Crippen molar-refractivity contribution in [3.05, 3.63) is 35.6 Å². The van der Waals surface area contributed by atoms with E-state index in [9.17, 15) is 4.79 Å². The van der Waals surface area contributed by atoms with Gasteiger partial charge in [0.2, 0.25) is 5.91 Å². The monoisotopic (exact) mass is 288 g/mol. The highest BCUT2D eigenvalue weighted by molar-refractivity contribution is 5.82. The molecule has 1 aromatic carbocycles. The minimum atomic E-state index is -0.241. The van der Waals surface area contributed by atoms with Gasteiger partial charge in [-0.3, -0.25) is 4.79 Å². The number of primary amides is 1. The molecule has 2 aromatic rings. The van der Waals surface area contributed by atoms with E-state index >= 15 is 0 Å². The first-order valence-corrected chi connectivity index (χ1v) is 7.70. The number of unbranched alkanes of at least 4 members (excludes halogenated alkanes) is 1. The Hall–Kier alpha value is -1.81. The van der Waals surface area contributed by atoms with Crippen LogP contribution in [0, 0.1) is 0 Å². The van der Waals surface area contributed by atoms with Crippen LogP contribution < -0.4 is 11.1 Å². The second-order valence-corrected chi connectivity index (χ2v) is 5.35. The Kier molecular flexibility index (Phi) is 5.81. The largest absolute Gasteiger partial charge is 0.461 e. The number of rotatable bonds is 9. The van der Waals surface area contributed by atoms with Crippen molar-refractivity contribution < 1.29 is 9.21 Å². The van der Waals surface area contributed by atoms with Crippen LogP contribution in [0.1, 0.15) is 43.9 Å². The predicted molar refractivity (Wildman–Crippen MR) is 85.0 cm³/mol. The lowest BCUT2D eigenvalue weighted by Crippen LogP contribution is -2.18. The lowest BCUT2D eigenvalue weighted by molar-refractivity contribution is -0.118. The zero-order valence-corrected chi connectivity index (χ0v) is 12.7. The highest BCUT2D eigenvalue weighted by Gasteiger charge is 2.12. The minimum Gasteiger partial charge on any atom is -0.461 e. The van der Waals surface area contributed by atoms with Crippen LogP contribution in [0.2, 0.25) is 0 Å². The number of para-hydroxylation sites is 1. The summed E-state index contributed by atoms with van der Waals surface area (Å²) in [5, 5.41) is 4.57. The van der Waals surface area contributed by atoms with Crippen LogP contribution in [0.3, 0.4) is 0 Å². The number of amides is 1. The molecule has 0 spiro atoms. The molecule has 0 atom stereocenters. The van der Waals surface area contributed by atoms with Gasteiger partial charge in [0, 0.05) is 30.3 Å². The standard InChI is InChI=1S/C17H24N2O2/c1-2-3-8-16-14(12-19-11-6-10-17(18)20)13-7-4-5-9-15(13)21-16/h4-5,7,9,19H,2-3,6,8,10-12H2,1H3,(H2,18,20). The SMILES string of the molecule is CCCCc1oc2ccccc2c1CNCCCC(N)=O. The second-order valence-electron chi connectivity index (χ2n) is 5.35. The van der Waals surface area contributed by atoms with E-state index in [1.54, 1.807) is 0 Å². The number of carbonyl (C=O) groups is 1. The smallest absolute Gasteiger partial charge is 0.217 e. The zero-order valence-electron chi connectivity index (χ0n) is 12.7. The van der Waals surface area contributed by atoms with Gasteiger partial charge in [-0.2, -0.15) is 0 Å². The minimum absolute atomic E-state index is 0.241. The Bertz CT molecular complexity index is 589. The van der Waals surface area contributed by atoms with Gasteiger partial charge in [0.15, 0.2) is 0 Å². The molecule has 1 heterocycles. The molecule has 3 N–H and O–H groups in total. The fraction of sp³-hybridized carbons (Fsp3) is 0.471. The summed E-state index contributed by atoms with van der Waals surface area (Å²) >= 11 is 0. The third-order valence-electron chi connectivity index (χ3n) is 3.62. The summed E-state index contributed by atoms with van der Waals surface area (Å²) in [6.07, 6.45) is 4.47. The maximum atomic E-state index is 10.7. The van der Waals surface area contributed by atoms with Gasteiger partial charge >= 0.3 is 0 Å². The molecule has 0 aliphatic rings. The first-order chi connectivity index (χ1) is 10.2. The molecule has 4 heteroatoms. The maximum Gasteiger partial charge on any atom is 0.217 e. The lowest BCUT2D eigenvalue weighted by atomic mass is 10.1. The number of benzene rings is 1.